The van der Waals surface area contributed by atoms with Crippen molar-refractivity contribution in [1.29, 1.82) is 0 Å². The van der Waals surface area contributed by atoms with Gasteiger partial charge in [0.2, 0.25) is 0 Å². The molecular weight excluding hydrogens is 259 g/mol. The SMILES string of the molecule is NC(=NCC1CC1)Nc1ccccc1OC(F)(F)F. The second-order valence-electron chi connectivity index (χ2n) is 4.34. The van der Waals surface area contributed by atoms with Gasteiger partial charge in [0, 0.05) is 6.54 Å². The molecule has 0 heterocycles. The van der Waals surface area contributed by atoms with Crippen LogP contribution in [-0.4, -0.2) is 18.9 Å². The van der Waals surface area contributed by atoms with E-state index >= 15 is 0 Å². The number of aliphatic imine (C=N–C) groups is 1. The summed E-state index contributed by atoms with van der Waals surface area (Å²) in [6.45, 7) is 0.598. The second kappa shape index (κ2) is 5.38. The number of para-hydroxylation sites is 2. The first-order chi connectivity index (χ1) is 8.94. The van der Waals surface area contributed by atoms with E-state index < -0.39 is 6.36 Å². The largest absolute Gasteiger partial charge is 0.573 e. The molecule has 1 aromatic carbocycles. The molecule has 0 bridgehead atoms. The Hall–Kier alpha value is -1.92. The minimum absolute atomic E-state index is 0.0881. The standard InChI is InChI=1S/C12H14F3N3O/c13-12(14,15)19-10-4-2-1-3-9(10)18-11(16)17-7-8-5-6-8/h1-4,8H,5-7H2,(H3,16,17,18). The van der Waals surface area contributed by atoms with Gasteiger partial charge in [0.05, 0.1) is 5.69 Å². The highest BCUT2D eigenvalue weighted by Crippen LogP contribution is 2.30. The summed E-state index contributed by atoms with van der Waals surface area (Å²) in [6, 6.07) is 5.69. The van der Waals surface area contributed by atoms with Crippen LogP contribution in [-0.2, 0) is 0 Å². The zero-order valence-corrected chi connectivity index (χ0v) is 10.1. The molecule has 0 radical (unpaired) electrons. The number of anilines is 1. The van der Waals surface area contributed by atoms with Gasteiger partial charge in [-0.05, 0) is 30.9 Å². The van der Waals surface area contributed by atoms with Crippen LogP contribution < -0.4 is 15.8 Å². The molecule has 7 heteroatoms. The van der Waals surface area contributed by atoms with Gasteiger partial charge in [-0.15, -0.1) is 13.2 Å². The average molecular weight is 273 g/mol. The number of nitrogens with two attached hydrogens (primary N) is 1. The molecule has 4 nitrogen and oxygen atoms in total. The van der Waals surface area contributed by atoms with Crippen LogP contribution in [0.15, 0.2) is 29.3 Å². The zero-order valence-electron chi connectivity index (χ0n) is 10.1. The van der Waals surface area contributed by atoms with Crippen molar-refractivity contribution >= 4 is 11.6 Å². The van der Waals surface area contributed by atoms with Gasteiger partial charge in [-0.1, -0.05) is 12.1 Å². The maximum atomic E-state index is 12.2. The Kier molecular flexibility index (Phi) is 3.82. The van der Waals surface area contributed by atoms with Crippen LogP contribution in [0.2, 0.25) is 0 Å². The third-order valence-electron chi connectivity index (χ3n) is 2.59. The van der Waals surface area contributed by atoms with Gasteiger partial charge in [-0.3, -0.25) is 4.99 Å². The van der Waals surface area contributed by atoms with Crippen LogP contribution in [0.5, 0.6) is 5.75 Å². The molecule has 19 heavy (non-hydrogen) atoms. The summed E-state index contributed by atoms with van der Waals surface area (Å²) >= 11 is 0. The molecule has 104 valence electrons. The van der Waals surface area contributed by atoms with Crippen molar-refractivity contribution in [1.82, 2.24) is 0 Å². The number of alkyl halides is 3. The van der Waals surface area contributed by atoms with Crippen molar-refractivity contribution in [2.45, 2.75) is 19.2 Å². The number of ether oxygens (including phenoxy) is 1. The Morgan fingerprint density at radius 2 is 2.05 bits per heavy atom. The molecule has 0 aliphatic heterocycles. The van der Waals surface area contributed by atoms with Gasteiger partial charge >= 0.3 is 6.36 Å². The normalized spacial score (nSPS) is 16.3. The van der Waals surface area contributed by atoms with Crippen molar-refractivity contribution in [3.05, 3.63) is 24.3 Å². The molecule has 1 fully saturated rings. The Morgan fingerprint density at radius 1 is 1.37 bits per heavy atom. The second-order valence-corrected chi connectivity index (χ2v) is 4.34. The quantitative estimate of drug-likeness (QED) is 0.655. The van der Waals surface area contributed by atoms with E-state index in [1.807, 2.05) is 0 Å². The molecule has 1 aliphatic carbocycles. The summed E-state index contributed by atoms with van der Waals surface area (Å²) in [5.41, 5.74) is 5.75. The average Bonchev–Trinajstić information content (AvgIpc) is 3.11. The summed E-state index contributed by atoms with van der Waals surface area (Å²) in [7, 11) is 0. The molecule has 1 aromatic rings. The Balaban J connectivity index is 2.04. The number of hydrogen-bond acceptors (Lipinski definition) is 2. The first kappa shape index (κ1) is 13.5. The van der Waals surface area contributed by atoms with E-state index in [1.165, 1.54) is 18.2 Å². The highest BCUT2D eigenvalue weighted by Gasteiger charge is 2.32. The lowest BCUT2D eigenvalue weighted by Gasteiger charge is -2.14. The van der Waals surface area contributed by atoms with E-state index in [9.17, 15) is 13.2 Å². The molecule has 3 N–H and O–H groups in total. The van der Waals surface area contributed by atoms with E-state index in [0.29, 0.717) is 12.5 Å². The van der Waals surface area contributed by atoms with Gasteiger partial charge in [-0.2, -0.15) is 0 Å². The molecule has 2 rings (SSSR count). The number of halogens is 3. The van der Waals surface area contributed by atoms with E-state index in [4.69, 9.17) is 5.73 Å². The van der Waals surface area contributed by atoms with Crippen LogP contribution in [0.25, 0.3) is 0 Å². The molecule has 0 atom stereocenters. The van der Waals surface area contributed by atoms with Crippen LogP contribution in [0.4, 0.5) is 18.9 Å². The number of rotatable bonds is 4. The summed E-state index contributed by atoms with van der Waals surface area (Å²) < 4.78 is 40.5. The van der Waals surface area contributed by atoms with Crippen molar-refractivity contribution in [2.75, 3.05) is 11.9 Å². The highest BCUT2D eigenvalue weighted by molar-refractivity contribution is 5.93. The lowest BCUT2D eigenvalue weighted by atomic mass is 10.3. The van der Waals surface area contributed by atoms with E-state index in [1.54, 1.807) is 6.07 Å². The molecule has 0 aromatic heterocycles. The zero-order chi connectivity index (χ0) is 13.9. The van der Waals surface area contributed by atoms with Crippen LogP contribution >= 0.6 is 0 Å². The monoisotopic (exact) mass is 273 g/mol. The van der Waals surface area contributed by atoms with Crippen molar-refractivity contribution in [3.63, 3.8) is 0 Å². The Morgan fingerprint density at radius 3 is 2.68 bits per heavy atom. The van der Waals surface area contributed by atoms with Crippen LogP contribution in [0.1, 0.15) is 12.8 Å². The number of nitrogens with one attached hydrogen (secondary N) is 1. The maximum Gasteiger partial charge on any atom is 0.573 e. The van der Waals surface area contributed by atoms with E-state index in [2.05, 4.69) is 15.0 Å². The fraction of sp³-hybridized carbons (Fsp3) is 0.417. The predicted molar refractivity (Wildman–Crippen MR) is 66.0 cm³/mol. The number of guanidine groups is 1. The third-order valence-corrected chi connectivity index (χ3v) is 2.59. The molecule has 1 saturated carbocycles. The first-order valence-electron chi connectivity index (χ1n) is 5.86. The number of hydrogen-bond donors (Lipinski definition) is 2. The lowest BCUT2D eigenvalue weighted by Crippen LogP contribution is -2.24. The van der Waals surface area contributed by atoms with E-state index in [0.717, 1.165) is 12.8 Å². The molecule has 1 aliphatic rings. The fourth-order valence-corrected chi connectivity index (χ4v) is 1.49. The van der Waals surface area contributed by atoms with Gasteiger partial charge in [-0.25, -0.2) is 0 Å². The van der Waals surface area contributed by atoms with Gasteiger partial charge in [0.15, 0.2) is 11.7 Å². The Bertz CT molecular complexity index is 470. The predicted octanol–water partition coefficient (Wildman–Crippen LogP) is 2.72. The summed E-state index contributed by atoms with van der Waals surface area (Å²) in [5, 5.41) is 2.62. The summed E-state index contributed by atoms with van der Waals surface area (Å²) in [6.07, 6.45) is -2.48. The van der Waals surface area contributed by atoms with E-state index in [-0.39, 0.29) is 17.4 Å². The minimum Gasteiger partial charge on any atom is -0.404 e. The van der Waals surface area contributed by atoms with Crippen molar-refractivity contribution in [2.24, 2.45) is 16.6 Å². The van der Waals surface area contributed by atoms with Gasteiger partial charge < -0.3 is 15.8 Å². The molecule has 0 spiro atoms. The fourth-order valence-electron chi connectivity index (χ4n) is 1.49. The summed E-state index contributed by atoms with van der Waals surface area (Å²) in [4.78, 5) is 4.07. The van der Waals surface area contributed by atoms with Crippen molar-refractivity contribution < 1.29 is 17.9 Å². The lowest BCUT2D eigenvalue weighted by molar-refractivity contribution is -0.274. The highest BCUT2D eigenvalue weighted by atomic mass is 19.4. The van der Waals surface area contributed by atoms with Crippen LogP contribution in [0, 0.1) is 5.92 Å². The molecule has 0 unspecified atom stereocenters. The number of nitrogens with zero attached hydrogens (tertiary/aromatic N) is 1. The van der Waals surface area contributed by atoms with Crippen LogP contribution in [0.3, 0.4) is 0 Å². The molecule has 0 amide bonds. The maximum absolute atomic E-state index is 12.2. The minimum atomic E-state index is -4.74. The number of benzene rings is 1. The first-order valence-corrected chi connectivity index (χ1v) is 5.86. The molecule has 0 saturated heterocycles. The topological polar surface area (TPSA) is 59.6 Å². The molecular formula is C12H14F3N3O. The Labute approximate surface area is 108 Å². The summed E-state index contributed by atoms with van der Waals surface area (Å²) in [5.74, 6) is 0.312. The third kappa shape index (κ3) is 4.69. The smallest absolute Gasteiger partial charge is 0.404 e. The van der Waals surface area contributed by atoms with Crippen molar-refractivity contribution in [3.8, 4) is 5.75 Å². The van der Waals surface area contributed by atoms with Gasteiger partial charge in [0.25, 0.3) is 0 Å². The van der Waals surface area contributed by atoms with Gasteiger partial charge in [0.1, 0.15) is 0 Å².